The van der Waals surface area contributed by atoms with E-state index in [4.69, 9.17) is 4.74 Å². The molecule has 2 N–H and O–H groups in total. The Labute approximate surface area is 133 Å². The molecule has 1 amide bonds. The summed E-state index contributed by atoms with van der Waals surface area (Å²) in [6.07, 6.45) is 2.03. The first kappa shape index (κ1) is 17.8. The van der Waals surface area contributed by atoms with Gasteiger partial charge >= 0.3 is 0 Å². The van der Waals surface area contributed by atoms with E-state index in [1.807, 2.05) is 24.3 Å². The standard InChI is InChI=1S/C16H24N2O2.ClH/c1-12(2)11-20-15-7-3-6-14(9-15)18-16(19)13-5-4-8-17-10-13;/h3,6-7,9,12-13,17H,4-5,8,10-11H2,1-2H3,(H,18,19);1H/t13-;/m1./s1. The average Bonchev–Trinajstić information content (AvgIpc) is 2.46. The smallest absolute Gasteiger partial charge is 0.228 e. The third-order valence-corrected chi connectivity index (χ3v) is 3.35. The second kappa shape index (κ2) is 8.90. The number of piperidine rings is 1. The van der Waals surface area contributed by atoms with Gasteiger partial charge in [-0.2, -0.15) is 0 Å². The first-order chi connectivity index (χ1) is 9.65. The molecule has 1 aromatic carbocycles. The summed E-state index contributed by atoms with van der Waals surface area (Å²) in [5, 5.41) is 6.24. The van der Waals surface area contributed by atoms with Gasteiger partial charge in [0.25, 0.3) is 0 Å². The Balaban J connectivity index is 0.00000220. The van der Waals surface area contributed by atoms with Crippen molar-refractivity contribution in [3.8, 4) is 5.75 Å². The molecular formula is C16H25ClN2O2. The van der Waals surface area contributed by atoms with Crippen molar-refractivity contribution in [1.29, 1.82) is 0 Å². The minimum atomic E-state index is 0. The first-order valence-electron chi connectivity index (χ1n) is 7.39. The van der Waals surface area contributed by atoms with Crippen LogP contribution in [0.25, 0.3) is 0 Å². The molecule has 2 rings (SSSR count). The number of halogens is 1. The van der Waals surface area contributed by atoms with Gasteiger partial charge in [-0.15, -0.1) is 12.4 Å². The predicted octanol–water partition coefficient (Wildman–Crippen LogP) is 3.08. The maximum Gasteiger partial charge on any atom is 0.228 e. The third-order valence-electron chi connectivity index (χ3n) is 3.35. The highest BCUT2D eigenvalue weighted by Gasteiger charge is 2.20. The van der Waals surface area contributed by atoms with Gasteiger partial charge in [0.2, 0.25) is 5.91 Å². The number of anilines is 1. The molecule has 0 bridgehead atoms. The lowest BCUT2D eigenvalue weighted by atomic mass is 9.99. The van der Waals surface area contributed by atoms with Crippen LogP contribution in [0.5, 0.6) is 5.75 Å². The Bertz CT molecular complexity index is 446. The van der Waals surface area contributed by atoms with Crippen LogP contribution in [0.2, 0.25) is 0 Å². The van der Waals surface area contributed by atoms with E-state index in [0.29, 0.717) is 12.5 Å². The zero-order chi connectivity index (χ0) is 14.4. The van der Waals surface area contributed by atoms with Gasteiger partial charge in [0.05, 0.1) is 12.5 Å². The summed E-state index contributed by atoms with van der Waals surface area (Å²) in [6, 6.07) is 7.61. The number of carbonyl (C=O) groups excluding carboxylic acids is 1. The molecular weight excluding hydrogens is 288 g/mol. The lowest BCUT2D eigenvalue weighted by Crippen LogP contribution is -2.37. The molecule has 0 aliphatic carbocycles. The summed E-state index contributed by atoms with van der Waals surface area (Å²) < 4.78 is 5.67. The van der Waals surface area contributed by atoms with Crippen LogP contribution in [0, 0.1) is 11.8 Å². The van der Waals surface area contributed by atoms with Crippen LogP contribution >= 0.6 is 12.4 Å². The van der Waals surface area contributed by atoms with E-state index in [9.17, 15) is 4.79 Å². The zero-order valence-corrected chi connectivity index (χ0v) is 13.5. The highest BCUT2D eigenvalue weighted by atomic mass is 35.5. The van der Waals surface area contributed by atoms with Crippen LogP contribution in [-0.2, 0) is 4.79 Å². The molecule has 1 fully saturated rings. The van der Waals surface area contributed by atoms with Crippen molar-refractivity contribution in [3.63, 3.8) is 0 Å². The third kappa shape index (κ3) is 5.94. The van der Waals surface area contributed by atoms with Crippen LogP contribution in [0.15, 0.2) is 24.3 Å². The van der Waals surface area contributed by atoms with E-state index in [1.165, 1.54) is 0 Å². The number of amides is 1. The van der Waals surface area contributed by atoms with Gasteiger partial charge in [-0.25, -0.2) is 0 Å². The Morgan fingerprint density at radius 2 is 2.29 bits per heavy atom. The maximum atomic E-state index is 12.2. The Kier molecular flexibility index (Phi) is 7.54. The van der Waals surface area contributed by atoms with Crippen LogP contribution in [0.3, 0.4) is 0 Å². The largest absolute Gasteiger partial charge is 0.493 e. The summed E-state index contributed by atoms with van der Waals surface area (Å²) in [6.45, 7) is 6.70. The van der Waals surface area contributed by atoms with Crippen molar-refractivity contribution in [2.24, 2.45) is 11.8 Å². The monoisotopic (exact) mass is 312 g/mol. The van der Waals surface area contributed by atoms with Gasteiger partial charge in [0.15, 0.2) is 0 Å². The van der Waals surface area contributed by atoms with Crippen LogP contribution in [0.1, 0.15) is 26.7 Å². The van der Waals surface area contributed by atoms with Crippen molar-refractivity contribution in [3.05, 3.63) is 24.3 Å². The summed E-state index contributed by atoms with van der Waals surface area (Å²) in [4.78, 5) is 12.2. The molecule has 1 atom stereocenters. The van der Waals surface area contributed by atoms with Gasteiger partial charge in [-0.05, 0) is 37.4 Å². The summed E-state index contributed by atoms with van der Waals surface area (Å²) in [7, 11) is 0. The minimum Gasteiger partial charge on any atom is -0.493 e. The van der Waals surface area contributed by atoms with Crippen molar-refractivity contribution in [2.45, 2.75) is 26.7 Å². The van der Waals surface area contributed by atoms with Crippen molar-refractivity contribution in [1.82, 2.24) is 5.32 Å². The number of rotatable bonds is 5. The highest BCUT2D eigenvalue weighted by Crippen LogP contribution is 2.20. The lowest BCUT2D eigenvalue weighted by Gasteiger charge is -2.22. The van der Waals surface area contributed by atoms with Crippen LogP contribution < -0.4 is 15.4 Å². The van der Waals surface area contributed by atoms with E-state index in [0.717, 1.165) is 37.4 Å². The molecule has 5 heteroatoms. The van der Waals surface area contributed by atoms with E-state index in [2.05, 4.69) is 24.5 Å². The first-order valence-corrected chi connectivity index (χ1v) is 7.39. The summed E-state index contributed by atoms with van der Waals surface area (Å²) in [5.41, 5.74) is 0.807. The molecule has 1 aliphatic rings. The Morgan fingerprint density at radius 1 is 1.48 bits per heavy atom. The minimum absolute atomic E-state index is 0. The normalized spacial score (nSPS) is 18.0. The molecule has 1 aromatic rings. The van der Waals surface area contributed by atoms with E-state index < -0.39 is 0 Å². The Morgan fingerprint density at radius 3 is 2.95 bits per heavy atom. The number of carbonyl (C=O) groups is 1. The van der Waals surface area contributed by atoms with Crippen LogP contribution in [-0.4, -0.2) is 25.6 Å². The van der Waals surface area contributed by atoms with Gasteiger partial charge in [-0.3, -0.25) is 4.79 Å². The quantitative estimate of drug-likeness (QED) is 0.878. The van der Waals surface area contributed by atoms with E-state index in [1.54, 1.807) is 0 Å². The SMILES string of the molecule is CC(C)COc1cccc(NC(=O)[C@@H]2CCCNC2)c1.Cl. The second-order valence-electron chi connectivity index (χ2n) is 5.77. The molecule has 1 saturated heterocycles. The molecule has 0 aromatic heterocycles. The summed E-state index contributed by atoms with van der Waals surface area (Å²) >= 11 is 0. The molecule has 1 aliphatic heterocycles. The van der Waals surface area contributed by atoms with Gasteiger partial charge in [0.1, 0.15) is 5.75 Å². The van der Waals surface area contributed by atoms with Crippen molar-refractivity contribution < 1.29 is 9.53 Å². The molecule has 21 heavy (non-hydrogen) atoms. The second-order valence-corrected chi connectivity index (χ2v) is 5.77. The average molecular weight is 313 g/mol. The maximum absolute atomic E-state index is 12.2. The van der Waals surface area contributed by atoms with Crippen LogP contribution in [0.4, 0.5) is 5.69 Å². The molecule has 4 nitrogen and oxygen atoms in total. The van der Waals surface area contributed by atoms with E-state index in [-0.39, 0.29) is 24.2 Å². The number of nitrogens with one attached hydrogen (secondary N) is 2. The fourth-order valence-corrected chi connectivity index (χ4v) is 2.25. The molecule has 0 radical (unpaired) electrons. The lowest BCUT2D eigenvalue weighted by molar-refractivity contribution is -0.120. The number of hydrogen-bond donors (Lipinski definition) is 2. The van der Waals surface area contributed by atoms with Crippen molar-refractivity contribution >= 4 is 24.0 Å². The fourth-order valence-electron chi connectivity index (χ4n) is 2.25. The molecule has 118 valence electrons. The number of benzene rings is 1. The number of hydrogen-bond acceptors (Lipinski definition) is 3. The topological polar surface area (TPSA) is 50.4 Å². The van der Waals surface area contributed by atoms with Crippen molar-refractivity contribution in [2.75, 3.05) is 25.0 Å². The van der Waals surface area contributed by atoms with Gasteiger partial charge < -0.3 is 15.4 Å². The highest BCUT2D eigenvalue weighted by molar-refractivity contribution is 5.92. The molecule has 1 heterocycles. The predicted molar refractivity (Wildman–Crippen MR) is 88.2 cm³/mol. The summed E-state index contributed by atoms with van der Waals surface area (Å²) in [5.74, 6) is 1.46. The van der Waals surface area contributed by atoms with E-state index >= 15 is 0 Å². The Hall–Kier alpha value is -1.26. The molecule has 0 saturated carbocycles. The van der Waals surface area contributed by atoms with Gasteiger partial charge in [-0.1, -0.05) is 19.9 Å². The fraction of sp³-hybridized carbons (Fsp3) is 0.562. The number of ether oxygens (including phenoxy) is 1. The molecule has 0 spiro atoms. The van der Waals surface area contributed by atoms with Gasteiger partial charge in [0, 0.05) is 18.3 Å². The zero-order valence-electron chi connectivity index (χ0n) is 12.7. The molecule has 0 unspecified atom stereocenters.